The number of anilines is 1. The highest BCUT2D eigenvalue weighted by Crippen LogP contribution is 2.65. The Kier molecular flexibility index (Phi) is 4.65. The number of amides is 1. The Morgan fingerprint density at radius 1 is 1.29 bits per heavy atom. The van der Waals surface area contributed by atoms with Crippen LogP contribution in [0.2, 0.25) is 0 Å². The minimum Gasteiger partial charge on any atom is -0.494 e. The van der Waals surface area contributed by atoms with Gasteiger partial charge in [0.15, 0.2) is 11.6 Å². The molecule has 7 heteroatoms. The van der Waals surface area contributed by atoms with Crippen molar-refractivity contribution in [2.24, 2.45) is 5.41 Å². The van der Waals surface area contributed by atoms with E-state index in [-0.39, 0.29) is 36.5 Å². The fourth-order valence-electron chi connectivity index (χ4n) is 4.12. The highest BCUT2D eigenvalue weighted by molar-refractivity contribution is 9.10. The van der Waals surface area contributed by atoms with Crippen molar-refractivity contribution in [3.63, 3.8) is 0 Å². The lowest BCUT2D eigenvalue weighted by Gasteiger charge is -2.25. The summed E-state index contributed by atoms with van der Waals surface area (Å²) in [5.41, 5.74) is 1.52. The van der Waals surface area contributed by atoms with Crippen molar-refractivity contribution in [1.82, 2.24) is 0 Å². The summed E-state index contributed by atoms with van der Waals surface area (Å²) < 4.78 is 24.9. The third-order valence-electron chi connectivity index (χ3n) is 5.65. The Hall–Kier alpha value is -2.41. The molecule has 2 aliphatic rings. The molecule has 0 aromatic heterocycles. The first-order valence-electron chi connectivity index (χ1n) is 8.90. The van der Waals surface area contributed by atoms with Crippen LogP contribution in [0, 0.1) is 11.2 Å². The fraction of sp³-hybridized carbons (Fsp3) is 0.333. The van der Waals surface area contributed by atoms with Gasteiger partial charge in [-0.05, 0) is 41.8 Å². The molecule has 0 N–H and O–H groups in total. The summed E-state index contributed by atoms with van der Waals surface area (Å²) in [7, 11) is 2.75. The van der Waals surface area contributed by atoms with Crippen LogP contribution in [0.3, 0.4) is 0 Å². The van der Waals surface area contributed by atoms with Crippen LogP contribution in [-0.4, -0.2) is 26.1 Å². The first-order chi connectivity index (χ1) is 13.4. The number of halogens is 2. The third kappa shape index (κ3) is 2.98. The second-order valence-electron chi connectivity index (χ2n) is 7.23. The Balaban J connectivity index is 1.75. The molecule has 146 valence electrons. The van der Waals surface area contributed by atoms with Crippen LogP contribution in [0.4, 0.5) is 10.1 Å². The number of hydrogen-bond donors (Lipinski definition) is 0. The lowest BCUT2D eigenvalue weighted by atomic mass is 9.96. The Morgan fingerprint density at radius 3 is 2.75 bits per heavy atom. The number of hydrogen-bond acceptors (Lipinski definition) is 4. The predicted octanol–water partition coefficient (Wildman–Crippen LogP) is 4.18. The van der Waals surface area contributed by atoms with E-state index in [2.05, 4.69) is 15.9 Å². The van der Waals surface area contributed by atoms with Crippen molar-refractivity contribution in [2.75, 3.05) is 19.1 Å². The van der Waals surface area contributed by atoms with Gasteiger partial charge in [0.25, 0.3) is 0 Å². The van der Waals surface area contributed by atoms with Crippen molar-refractivity contribution in [2.45, 2.75) is 25.3 Å². The maximum atomic E-state index is 14.1. The zero-order valence-corrected chi connectivity index (χ0v) is 17.1. The predicted molar refractivity (Wildman–Crippen MR) is 105 cm³/mol. The molecule has 2 aromatic carbocycles. The number of carbonyl (C=O) groups is 2. The second-order valence-corrected chi connectivity index (χ2v) is 8.15. The van der Waals surface area contributed by atoms with E-state index in [1.54, 1.807) is 17.0 Å². The summed E-state index contributed by atoms with van der Waals surface area (Å²) in [6.07, 6.45) is 0.681. The van der Waals surface area contributed by atoms with Gasteiger partial charge in [0, 0.05) is 22.5 Å². The van der Waals surface area contributed by atoms with Crippen molar-refractivity contribution in [1.29, 1.82) is 0 Å². The molecule has 5 nitrogen and oxygen atoms in total. The maximum absolute atomic E-state index is 14.1. The van der Waals surface area contributed by atoms with Gasteiger partial charge in [-0.2, -0.15) is 0 Å². The molecule has 2 aromatic rings. The smallest absolute Gasteiger partial charge is 0.312 e. The zero-order valence-electron chi connectivity index (χ0n) is 15.5. The number of carbonyl (C=O) groups excluding carboxylic acids is 2. The normalized spacial score (nSPS) is 22.8. The lowest BCUT2D eigenvalue weighted by Crippen LogP contribution is -2.33. The molecule has 1 saturated carbocycles. The Labute approximate surface area is 170 Å². The molecule has 0 bridgehead atoms. The van der Waals surface area contributed by atoms with Crippen LogP contribution in [0.15, 0.2) is 40.9 Å². The minimum absolute atomic E-state index is 0.0513. The van der Waals surface area contributed by atoms with E-state index in [4.69, 9.17) is 9.47 Å². The molecule has 4 rings (SSSR count). The van der Waals surface area contributed by atoms with Gasteiger partial charge in [0.1, 0.15) is 0 Å². The second kappa shape index (κ2) is 6.88. The summed E-state index contributed by atoms with van der Waals surface area (Å²) in [6, 6.07) is 10.4. The molecule has 0 radical (unpaired) electrons. The quantitative estimate of drug-likeness (QED) is 0.659. The summed E-state index contributed by atoms with van der Waals surface area (Å²) in [4.78, 5) is 27.2. The summed E-state index contributed by atoms with van der Waals surface area (Å²) >= 11 is 3.46. The van der Waals surface area contributed by atoms with Crippen molar-refractivity contribution in [3.05, 3.63) is 57.8 Å². The van der Waals surface area contributed by atoms with Crippen molar-refractivity contribution >= 4 is 33.5 Å². The van der Waals surface area contributed by atoms with E-state index in [9.17, 15) is 14.0 Å². The average molecular weight is 448 g/mol. The average Bonchev–Trinajstić information content (AvgIpc) is 3.40. The summed E-state index contributed by atoms with van der Waals surface area (Å²) in [6.45, 7) is 0.202. The first kappa shape index (κ1) is 18.9. The largest absolute Gasteiger partial charge is 0.494 e. The SMILES string of the molecule is COC(=O)C12CC(=O)N(Cc3ccc(OC)c(F)c3)c3cc(Br)ccc3C1C2. The van der Waals surface area contributed by atoms with Gasteiger partial charge in [-0.25, -0.2) is 4.39 Å². The van der Waals surface area contributed by atoms with E-state index in [1.807, 2.05) is 18.2 Å². The molecule has 1 aliphatic carbocycles. The summed E-state index contributed by atoms with van der Waals surface area (Å²) in [5.74, 6) is -0.909. The molecule has 0 saturated heterocycles. The number of nitrogens with zero attached hydrogens (tertiary/aromatic N) is 1. The summed E-state index contributed by atoms with van der Waals surface area (Å²) in [5, 5.41) is 0. The number of esters is 1. The van der Waals surface area contributed by atoms with Crippen molar-refractivity contribution < 1.29 is 23.5 Å². The van der Waals surface area contributed by atoms with E-state index < -0.39 is 11.2 Å². The van der Waals surface area contributed by atoms with Gasteiger partial charge in [-0.1, -0.05) is 28.1 Å². The van der Waals surface area contributed by atoms with Crippen LogP contribution < -0.4 is 9.64 Å². The molecule has 1 amide bonds. The first-order valence-corrected chi connectivity index (χ1v) is 9.69. The number of ether oxygens (including phenoxy) is 2. The highest BCUT2D eigenvalue weighted by Gasteiger charge is 2.64. The lowest BCUT2D eigenvalue weighted by molar-refractivity contribution is -0.149. The van der Waals surface area contributed by atoms with Gasteiger partial charge < -0.3 is 14.4 Å². The number of methoxy groups -OCH3 is 2. The van der Waals surface area contributed by atoms with Gasteiger partial charge in [0.05, 0.1) is 26.2 Å². The van der Waals surface area contributed by atoms with E-state index >= 15 is 0 Å². The molecule has 1 fully saturated rings. The van der Waals surface area contributed by atoms with Crippen LogP contribution in [0.25, 0.3) is 0 Å². The van der Waals surface area contributed by atoms with Gasteiger partial charge >= 0.3 is 5.97 Å². The third-order valence-corrected chi connectivity index (χ3v) is 6.14. The zero-order chi connectivity index (χ0) is 20.1. The minimum atomic E-state index is -0.797. The fourth-order valence-corrected chi connectivity index (χ4v) is 4.47. The van der Waals surface area contributed by atoms with Gasteiger partial charge in [-0.15, -0.1) is 0 Å². The highest BCUT2D eigenvalue weighted by atomic mass is 79.9. The molecule has 2 atom stereocenters. The standard InChI is InChI=1S/C21H19BrFNO4/c1-27-18-6-3-12(7-16(18)23)11-24-17-8-13(22)4-5-14(17)15-9-21(15,10-19(24)25)20(26)28-2/h3-8,15H,9-11H2,1-2H3. The molecular weight excluding hydrogens is 429 g/mol. The van der Waals surface area contributed by atoms with Crippen LogP contribution >= 0.6 is 15.9 Å². The number of benzene rings is 2. The van der Waals surface area contributed by atoms with E-state index in [0.717, 1.165) is 15.7 Å². The maximum Gasteiger partial charge on any atom is 0.312 e. The number of rotatable bonds is 4. The topological polar surface area (TPSA) is 55.8 Å². The molecule has 2 unspecified atom stereocenters. The molecular formula is C21H19BrFNO4. The Morgan fingerprint density at radius 2 is 2.07 bits per heavy atom. The molecule has 0 spiro atoms. The van der Waals surface area contributed by atoms with Gasteiger partial charge in [0.2, 0.25) is 5.91 Å². The monoisotopic (exact) mass is 447 g/mol. The van der Waals surface area contributed by atoms with E-state index in [0.29, 0.717) is 12.0 Å². The molecule has 1 heterocycles. The van der Waals surface area contributed by atoms with Crippen molar-refractivity contribution in [3.8, 4) is 5.75 Å². The van der Waals surface area contributed by atoms with Crippen LogP contribution in [-0.2, 0) is 20.9 Å². The Bertz CT molecular complexity index is 979. The van der Waals surface area contributed by atoms with Crippen LogP contribution in [0.5, 0.6) is 5.75 Å². The number of fused-ring (bicyclic) bond motifs is 3. The van der Waals surface area contributed by atoms with Gasteiger partial charge in [-0.3, -0.25) is 9.59 Å². The molecule has 28 heavy (non-hydrogen) atoms. The van der Waals surface area contributed by atoms with E-state index in [1.165, 1.54) is 20.3 Å². The molecule has 1 aliphatic heterocycles. The van der Waals surface area contributed by atoms with Crippen LogP contribution in [0.1, 0.15) is 29.9 Å².